The lowest BCUT2D eigenvalue weighted by Crippen LogP contribution is -2.26. The molecule has 0 atom stereocenters. The zero-order valence-corrected chi connectivity index (χ0v) is 11.6. The Kier molecular flexibility index (Phi) is 6.86. The standard InChI is InChI=1S/C13H16BrF2NO/c14-7-2-1-3-8-17-13(18)9-10-11(15)5-4-6-12(10)16/h4-6H,1-3,7-9H2,(H,17,18). The van der Waals surface area contributed by atoms with Gasteiger partial charge in [0, 0.05) is 17.4 Å². The van der Waals surface area contributed by atoms with Crippen LogP contribution < -0.4 is 5.32 Å². The number of rotatable bonds is 7. The molecule has 0 fully saturated rings. The van der Waals surface area contributed by atoms with E-state index in [0.717, 1.165) is 36.7 Å². The SMILES string of the molecule is O=C(Cc1c(F)cccc1F)NCCCCCBr. The van der Waals surface area contributed by atoms with Gasteiger partial charge in [-0.2, -0.15) is 0 Å². The molecule has 2 nitrogen and oxygen atoms in total. The number of benzene rings is 1. The second kappa shape index (κ2) is 8.19. The van der Waals surface area contributed by atoms with Crippen LogP contribution in [0.5, 0.6) is 0 Å². The molecular formula is C13H16BrF2NO. The van der Waals surface area contributed by atoms with Gasteiger partial charge in [-0.1, -0.05) is 28.4 Å². The van der Waals surface area contributed by atoms with Crippen LogP contribution in [0.3, 0.4) is 0 Å². The van der Waals surface area contributed by atoms with E-state index >= 15 is 0 Å². The van der Waals surface area contributed by atoms with Crippen LogP contribution in [0.4, 0.5) is 8.78 Å². The van der Waals surface area contributed by atoms with Crippen molar-refractivity contribution < 1.29 is 13.6 Å². The Bertz CT molecular complexity index is 378. The Hall–Kier alpha value is -0.970. The highest BCUT2D eigenvalue weighted by molar-refractivity contribution is 9.09. The Morgan fingerprint density at radius 2 is 1.83 bits per heavy atom. The number of carbonyl (C=O) groups is 1. The van der Waals surface area contributed by atoms with E-state index in [2.05, 4.69) is 21.2 Å². The number of carbonyl (C=O) groups excluding carboxylic acids is 1. The predicted molar refractivity (Wildman–Crippen MR) is 70.7 cm³/mol. The second-order valence-electron chi connectivity index (χ2n) is 3.98. The fourth-order valence-electron chi connectivity index (χ4n) is 1.55. The third-order valence-corrected chi connectivity index (χ3v) is 3.09. The van der Waals surface area contributed by atoms with Crippen LogP contribution in [-0.2, 0) is 11.2 Å². The molecule has 0 bridgehead atoms. The molecule has 0 saturated heterocycles. The second-order valence-corrected chi connectivity index (χ2v) is 4.77. The summed E-state index contributed by atoms with van der Waals surface area (Å²) in [5, 5.41) is 3.60. The van der Waals surface area contributed by atoms with E-state index in [9.17, 15) is 13.6 Å². The number of amides is 1. The predicted octanol–water partition coefficient (Wildman–Crippen LogP) is 3.19. The van der Waals surface area contributed by atoms with Crippen LogP contribution >= 0.6 is 15.9 Å². The maximum absolute atomic E-state index is 13.3. The van der Waals surface area contributed by atoms with Gasteiger partial charge >= 0.3 is 0 Å². The number of nitrogens with one attached hydrogen (secondary N) is 1. The first kappa shape index (κ1) is 15.1. The summed E-state index contributed by atoms with van der Waals surface area (Å²) < 4.78 is 26.5. The summed E-state index contributed by atoms with van der Waals surface area (Å²) in [6, 6.07) is 3.59. The summed E-state index contributed by atoms with van der Waals surface area (Å²) in [5.41, 5.74) is -0.171. The van der Waals surface area contributed by atoms with Crippen molar-refractivity contribution >= 4 is 21.8 Å². The molecule has 0 spiro atoms. The van der Waals surface area contributed by atoms with Crippen molar-refractivity contribution in [2.45, 2.75) is 25.7 Å². The number of alkyl halides is 1. The molecule has 1 amide bonds. The molecule has 5 heteroatoms. The van der Waals surface area contributed by atoms with Crippen LogP contribution in [0, 0.1) is 11.6 Å². The maximum atomic E-state index is 13.3. The Labute approximate surface area is 114 Å². The number of halogens is 3. The van der Waals surface area contributed by atoms with E-state index in [1.807, 2.05) is 0 Å². The van der Waals surface area contributed by atoms with Gasteiger partial charge in [0.1, 0.15) is 11.6 Å². The van der Waals surface area contributed by atoms with E-state index in [0.29, 0.717) is 6.54 Å². The fourth-order valence-corrected chi connectivity index (χ4v) is 1.94. The highest BCUT2D eigenvalue weighted by atomic mass is 79.9. The van der Waals surface area contributed by atoms with E-state index in [1.165, 1.54) is 6.07 Å². The maximum Gasteiger partial charge on any atom is 0.224 e. The highest BCUT2D eigenvalue weighted by Crippen LogP contribution is 2.12. The van der Waals surface area contributed by atoms with E-state index in [-0.39, 0.29) is 17.9 Å². The van der Waals surface area contributed by atoms with Crippen molar-refractivity contribution in [2.75, 3.05) is 11.9 Å². The highest BCUT2D eigenvalue weighted by Gasteiger charge is 2.12. The summed E-state index contributed by atoms with van der Waals surface area (Å²) in [4.78, 5) is 11.5. The molecule has 0 aliphatic rings. The minimum atomic E-state index is -0.676. The van der Waals surface area contributed by atoms with Gasteiger partial charge in [0.15, 0.2) is 0 Å². The first-order valence-corrected chi connectivity index (χ1v) is 7.03. The zero-order valence-electron chi connectivity index (χ0n) is 10.0. The van der Waals surface area contributed by atoms with Gasteiger partial charge in [0.25, 0.3) is 0 Å². The summed E-state index contributed by atoms with van der Waals surface area (Å²) >= 11 is 3.32. The summed E-state index contributed by atoms with van der Waals surface area (Å²) in [7, 11) is 0. The average Bonchev–Trinajstić information content (AvgIpc) is 2.34. The minimum Gasteiger partial charge on any atom is -0.356 e. The first-order valence-electron chi connectivity index (χ1n) is 5.90. The van der Waals surface area contributed by atoms with Gasteiger partial charge < -0.3 is 5.32 Å². The minimum absolute atomic E-state index is 0.171. The number of unbranched alkanes of at least 4 members (excludes halogenated alkanes) is 2. The molecule has 100 valence electrons. The molecule has 0 aromatic heterocycles. The fraction of sp³-hybridized carbons (Fsp3) is 0.462. The topological polar surface area (TPSA) is 29.1 Å². The normalized spacial score (nSPS) is 10.4. The lowest BCUT2D eigenvalue weighted by atomic mass is 10.1. The van der Waals surface area contributed by atoms with Gasteiger partial charge in [-0.25, -0.2) is 8.78 Å². The third kappa shape index (κ3) is 5.12. The van der Waals surface area contributed by atoms with Gasteiger partial charge in [0.2, 0.25) is 5.91 Å². The largest absolute Gasteiger partial charge is 0.356 e. The lowest BCUT2D eigenvalue weighted by Gasteiger charge is -2.06. The summed E-state index contributed by atoms with van der Waals surface area (Å²) in [5.74, 6) is -1.70. The molecule has 0 heterocycles. The van der Waals surface area contributed by atoms with Gasteiger partial charge in [-0.15, -0.1) is 0 Å². The van der Waals surface area contributed by atoms with Gasteiger partial charge in [-0.3, -0.25) is 4.79 Å². The quantitative estimate of drug-likeness (QED) is 0.607. The number of hydrogen-bond donors (Lipinski definition) is 1. The lowest BCUT2D eigenvalue weighted by molar-refractivity contribution is -0.120. The van der Waals surface area contributed by atoms with Gasteiger partial charge in [0.05, 0.1) is 6.42 Å². The summed E-state index contributed by atoms with van der Waals surface area (Å²) in [6.45, 7) is 0.544. The monoisotopic (exact) mass is 319 g/mol. The van der Waals surface area contributed by atoms with Crippen molar-refractivity contribution in [3.05, 3.63) is 35.4 Å². The number of hydrogen-bond acceptors (Lipinski definition) is 1. The van der Waals surface area contributed by atoms with Crippen molar-refractivity contribution in [3.8, 4) is 0 Å². The third-order valence-electron chi connectivity index (χ3n) is 2.53. The van der Waals surface area contributed by atoms with Crippen molar-refractivity contribution in [1.82, 2.24) is 5.32 Å². The average molecular weight is 320 g/mol. The molecule has 1 aromatic rings. The Balaban J connectivity index is 2.36. The van der Waals surface area contributed by atoms with E-state index in [1.54, 1.807) is 0 Å². The molecule has 0 saturated carbocycles. The summed E-state index contributed by atoms with van der Waals surface area (Å²) in [6.07, 6.45) is 2.69. The molecule has 0 radical (unpaired) electrons. The first-order chi connectivity index (χ1) is 8.65. The molecule has 1 rings (SSSR count). The van der Waals surface area contributed by atoms with Crippen LogP contribution in [0.15, 0.2) is 18.2 Å². The molecule has 18 heavy (non-hydrogen) atoms. The van der Waals surface area contributed by atoms with Crippen LogP contribution in [0.2, 0.25) is 0 Å². The Morgan fingerprint density at radius 3 is 2.44 bits per heavy atom. The van der Waals surface area contributed by atoms with Crippen molar-refractivity contribution in [2.24, 2.45) is 0 Å². The molecule has 0 aliphatic heterocycles. The Morgan fingerprint density at radius 1 is 1.17 bits per heavy atom. The van der Waals surface area contributed by atoms with Crippen molar-refractivity contribution in [3.63, 3.8) is 0 Å². The van der Waals surface area contributed by atoms with Crippen LogP contribution in [0.25, 0.3) is 0 Å². The van der Waals surface area contributed by atoms with E-state index < -0.39 is 11.6 Å². The van der Waals surface area contributed by atoms with Crippen molar-refractivity contribution in [1.29, 1.82) is 0 Å². The zero-order chi connectivity index (χ0) is 13.4. The molecule has 1 aromatic carbocycles. The molecule has 0 unspecified atom stereocenters. The van der Waals surface area contributed by atoms with Gasteiger partial charge in [-0.05, 0) is 25.0 Å². The smallest absolute Gasteiger partial charge is 0.224 e. The van der Waals surface area contributed by atoms with Crippen LogP contribution in [-0.4, -0.2) is 17.8 Å². The van der Waals surface area contributed by atoms with E-state index in [4.69, 9.17) is 0 Å². The molecule has 1 N–H and O–H groups in total. The van der Waals surface area contributed by atoms with Crippen LogP contribution in [0.1, 0.15) is 24.8 Å². The molecular weight excluding hydrogens is 304 g/mol. The molecule has 0 aliphatic carbocycles.